The van der Waals surface area contributed by atoms with Crippen molar-refractivity contribution in [2.24, 2.45) is 5.92 Å². The van der Waals surface area contributed by atoms with Gasteiger partial charge in [-0.05, 0) is 25.2 Å². The monoisotopic (exact) mass is 240 g/mol. The van der Waals surface area contributed by atoms with Crippen LogP contribution >= 0.6 is 0 Å². The highest BCUT2D eigenvalue weighted by Gasteiger charge is 2.17. The van der Waals surface area contributed by atoms with Crippen LogP contribution in [0.1, 0.15) is 65.7 Å². The van der Waals surface area contributed by atoms with Crippen molar-refractivity contribution in [3.63, 3.8) is 0 Å². The zero-order chi connectivity index (χ0) is 13.1. The molecule has 2 heteroatoms. The van der Waals surface area contributed by atoms with E-state index in [1.54, 1.807) is 0 Å². The van der Waals surface area contributed by atoms with Gasteiger partial charge in [-0.15, -0.1) is 0 Å². The molecule has 0 aromatic heterocycles. The summed E-state index contributed by atoms with van der Waals surface area (Å²) in [6, 6.07) is 0. The van der Waals surface area contributed by atoms with Crippen LogP contribution in [0.25, 0.3) is 0 Å². The van der Waals surface area contributed by atoms with Crippen LogP contribution in [0.3, 0.4) is 0 Å². The molecular weight excluding hydrogens is 212 g/mol. The highest BCUT2D eigenvalue weighted by atomic mass is 16.5. The highest BCUT2D eigenvalue weighted by molar-refractivity contribution is 5.88. The molecule has 0 aliphatic heterocycles. The van der Waals surface area contributed by atoms with Gasteiger partial charge in [0.25, 0.3) is 0 Å². The van der Waals surface area contributed by atoms with Crippen molar-refractivity contribution in [3.05, 3.63) is 12.2 Å². The van der Waals surface area contributed by atoms with Crippen LogP contribution in [0.15, 0.2) is 12.2 Å². The highest BCUT2D eigenvalue weighted by Crippen LogP contribution is 2.22. The normalized spacial score (nSPS) is 12.2. The molecule has 1 atom stereocenters. The lowest BCUT2D eigenvalue weighted by atomic mass is 9.91. The van der Waals surface area contributed by atoms with Crippen molar-refractivity contribution < 1.29 is 9.53 Å². The summed E-state index contributed by atoms with van der Waals surface area (Å²) in [5.74, 6) is 0.102. The Morgan fingerprint density at radius 1 is 1.12 bits per heavy atom. The smallest absolute Gasteiger partial charge is 0.333 e. The first-order valence-corrected chi connectivity index (χ1v) is 7.03. The van der Waals surface area contributed by atoms with Gasteiger partial charge in [0, 0.05) is 5.57 Å². The van der Waals surface area contributed by atoms with Gasteiger partial charge in [-0.25, -0.2) is 4.79 Å². The minimum atomic E-state index is -0.200. The maximum atomic E-state index is 11.7. The second kappa shape index (κ2) is 10.4. The summed E-state index contributed by atoms with van der Waals surface area (Å²) in [5.41, 5.74) is 0.664. The Kier molecular flexibility index (Phi) is 9.89. The molecule has 1 unspecified atom stereocenters. The molecule has 0 aromatic rings. The summed E-state index contributed by atoms with van der Waals surface area (Å²) in [6.45, 7) is 10.7. The van der Waals surface area contributed by atoms with Crippen molar-refractivity contribution in [2.75, 3.05) is 6.61 Å². The first-order valence-electron chi connectivity index (χ1n) is 7.03. The molecule has 0 aromatic carbocycles. The molecule has 0 rings (SSSR count). The SMILES string of the molecule is C=C(C(=O)OCCC)C(CC)CCCCCC. The number of esters is 1. The van der Waals surface area contributed by atoms with Gasteiger partial charge in [-0.3, -0.25) is 0 Å². The molecule has 0 N–H and O–H groups in total. The van der Waals surface area contributed by atoms with Gasteiger partial charge in [0.1, 0.15) is 0 Å². The third-order valence-electron chi connectivity index (χ3n) is 3.09. The van der Waals surface area contributed by atoms with E-state index in [0.29, 0.717) is 18.1 Å². The second-order valence-corrected chi connectivity index (χ2v) is 4.62. The van der Waals surface area contributed by atoms with Crippen LogP contribution in [-0.2, 0) is 9.53 Å². The van der Waals surface area contributed by atoms with Crippen LogP contribution in [0.4, 0.5) is 0 Å². The molecule has 0 bridgehead atoms. The molecule has 0 amide bonds. The van der Waals surface area contributed by atoms with Crippen LogP contribution in [0, 0.1) is 5.92 Å². The quantitative estimate of drug-likeness (QED) is 0.319. The Labute approximate surface area is 106 Å². The van der Waals surface area contributed by atoms with E-state index in [-0.39, 0.29) is 5.97 Å². The molecule has 0 fully saturated rings. The molecule has 0 saturated heterocycles. The zero-order valence-corrected chi connectivity index (χ0v) is 11.8. The number of rotatable bonds is 10. The average Bonchev–Trinajstić information content (AvgIpc) is 2.35. The van der Waals surface area contributed by atoms with Gasteiger partial charge in [-0.2, -0.15) is 0 Å². The first-order chi connectivity index (χ1) is 8.17. The Morgan fingerprint density at radius 2 is 1.82 bits per heavy atom. The van der Waals surface area contributed by atoms with Crippen molar-refractivity contribution >= 4 is 5.97 Å². The van der Waals surface area contributed by atoms with Crippen LogP contribution < -0.4 is 0 Å². The fourth-order valence-electron chi connectivity index (χ4n) is 1.90. The molecule has 0 heterocycles. The number of ether oxygens (including phenoxy) is 1. The Bertz CT molecular complexity index is 221. The summed E-state index contributed by atoms with van der Waals surface area (Å²) in [5, 5.41) is 0. The van der Waals surface area contributed by atoms with Crippen molar-refractivity contribution in [1.29, 1.82) is 0 Å². The average molecular weight is 240 g/mol. The Hall–Kier alpha value is -0.790. The predicted molar refractivity (Wildman–Crippen MR) is 72.9 cm³/mol. The summed E-state index contributed by atoms with van der Waals surface area (Å²) in [7, 11) is 0. The Morgan fingerprint density at radius 3 is 2.35 bits per heavy atom. The van der Waals surface area contributed by atoms with E-state index < -0.39 is 0 Å². The molecule has 0 spiro atoms. The molecule has 0 saturated carbocycles. The zero-order valence-electron chi connectivity index (χ0n) is 11.8. The van der Waals surface area contributed by atoms with E-state index >= 15 is 0 Å². The van der Waals surface area contributed by atoms with Gasteiger partial charge in [0.05, 0.1) is 6.61 Å². The third kappa shape index (κ3) is 7.19. The van der Waals surface area contributed by atoms with E-state index in [9.17, 15) is 4.79 Å². The number of carbonyl (C=O) groups excluding carboxylic acids is 1. The minimum absolute atomic E-state index is 0.200. The van der Waals surface area contributed by atoms with Crippen molar-refractivity contribution in [1.82, 2.24) is 0 Å². The van der Waals surface area contributed by atoms with Crippen LogP contribution in [0.2, 0.25) is 0 Å². The molecule has 100 valence electrons. The Balaban J connectivity index is 3.98. The van der Waals surface area contributed by atoms with Gasteiger partial charge in [-0.1, -0.05) is 53.0 Å². The van der Waals surface area contributed by atoms with E-state index in [4.69, 9.17) is 4.74 Å². The largest absolute Gasteiger partial charge is 0.462 e. The van der Waals surface area contributed by atoms with Gasteiger partial charge in [0.2, 0.25) is 0 Å². The summed E-state index contributed by atoms with van der Waals surface area (Å²) in [4.78, 5) is 11.7. The lowest BCUT2D eigenvalue weighted by molar-refractivity contribution is -0.139. The number of carbonyl (C=O) groups is 1. The topological polar surface area (TPSA) is 26.3 Å². The molecule has 17 heavy (non-hydrogen) atoms. The van der Waals surface area contributed by atoms with Gasteiger partial charge in [0.15, 0.2) is 0 Å². The van der Waals surface area contributed by atoms with Crippen molar-refractivity contribution in [3.8, 4) is 0 Å². The minimum Gasteiger partial charge on any atom is -0.462 e. The van der Waals surface area contributed by atoms with E-state index in [1.165, 1.54) is 25.7 Å². The molecule has 0 radical (unpaired) electrons. The van der Waals surface area contributed by atoms with Gasteiger partial charge < -0.3 is 4.74 Å². The lowest BCUT2D eigenvalue weighted by Crippen LogP contribution is -2.15. The van der Waals surface area contributed by atoms with E-state index in [2.05, 4.69) is 20.4 Å². The number of hydrogen-bond acceptors (Lipinski definition) is 2. The first kappa shape index (κ1) is 16.2. The van der Waals surface area contributed by atoms with Crippen LogP contribution in [-0.4, -0.2) is 12.6 Å². The van der Waals surface area contributed by atoms with Gasteiger partial charge >= 0.3 is 5.97 Å². The second-order valence-electron chi connectivity index (χ2n) is 4.62. The number of unbranched alkanes of at least 4 members (excludes halogenated alkanes) is 3. The fourth-order valence-corrected chi connectivity index (χ4v) is 1.90. The van der Waals surface area contributed by atoms with E-state index in [0.717, 1.165) is 19.3 Å². The third-order valence-corrected chi connectivity index (χ3v) is 3.09. The summed E-state index contributed by atoms with van der Waals surface area (Å²) < 4.78 is 5.12. The molecule has 0 aliphatic rings. The molecule has 2 nitrogen and oxygen atoms in total. The standard InChI is InChI=1S/C15H28O2/c1-5-8-9-10-11-14(7-3)13(4)15(16)17-12-6-2/h14H,4-12H2,1-3H3. The van der Waals surface area contributed by atoms with E-state index in [1.807, 2.05) is 6.92 Å². The summed E-state index contributed by atoms with van der Waals surface area (Å²) >= 11 is 0. The fraction of sp³-hybridized carbons (Fsp3) is 0.800. The summed E-state index contributed by atoms with van der Waals surface area (Å²) in [6.07, 6.45) is 7.88. The number of hydrogen-bond donors (Lipinski definition) is 0. The van der Waals surface area contributed by atoms with Crippen molar-refractivity contribution in [2.45, 2.75) is 65.7 Å². The lowest BCUT2D eigenvalue weighted by Gasteiger charge is -2.16. The predicted octanol–water partition coefficient (Wildman–Crippen LogP) is 4.49. The maximum absolute atomic E-state index is 11.7. The maximum Gasteiger partial charge on any atom is 0.333 e. The van der Waals surface area contributed by atoms with Crippen LogP contribution in [0.5, 0.6) is 0 Å². The molecule has 0 aliphatic carbocycles. The molecular formula is C15H28O2.